The normalized spacial score (nSPS) is 21.8. The van der Waals surface area contributed by atoms with Crippen LogP contribution in [0.5, 0.6) is 0 Å². The van der Waals surface area contributed by atoms with E-state index in [9.17, 15) is 9.18 Å². The number of rotatable bonds is 4. The molecule has 3 N–H and O–H groups in total. The number of carbonyl (C=O) groups is 1. The van der Waals surface area contributed by atoms with Crippen molar-refractivity contribution >= 4 is 18.3 Å². The first-order valence-corrected chi connectivity index (χ1v) is 8.53. The summed E-state index contributed by atoms with van der Waals surface area (Å²) in [5, 5.41) is 3.05. The van der Waals surface area contributed by atoms with Crippen LogP contribution in [0.1, 0.15) is 31.2 Å². The van der Waals surface area contributed by atoms with Crippen molar-refractivity contribution in [1.29, 1.82) is 0 Å². The maximum atomic E-state index is 13.3. The number of nitrogens with two attached hydrogens (primary N) is 1. The van der Waals surface area contributed by atoms with Gasteiger partial charge in [-0.2, -0.15) is 0 Å². The van der Waals surface area contributed by atoms with Gasteiger partial charge in [-0.15, -0.1) is 12.4 Å². The van der Waals surface area contributed by atoms with Crippen LogP contribution in [0.4, 0.5) is 4.39 Å². The minimum Gasteiger partial charge on any atom is -0.381 e. The SMILES string of the molecule is Cl.NC1(C(=O)NCC2(c3ccc(F)cc3)CCOCC2)CCOCC1. The number of hydrogen-bond acceptors (Lipinski definition) is 4. The van der Waals surface area contributed by atoms with Crippen molar-refractivity contribution in [2.75, 3.05) is 33.0 Å². The number of benzene rings is 1. The van der Waals surface area contributed by atoms with Gasteiger partial charge in [-0.25, -0.2) is 4.39 Å². The number of ether oxygens (including phenoxy) is 2. The molecule has 3 rings (SSSR count). The molecule has 0 spiro atoms. The van der Waals surface area contributed by atoms with Gasteiger partial charge in [0.25, 0.3) is 0 Å². The summed E-state index contributed by atoms with van der Waals surface area (Å²) in [4.78, 5) is 12.6. The molecular formula is C18H26ClFN2O3. The first-order valence-electron chi connectivity index (χ1n) is 8.53. The molecule has 1 amide bonds. The molecule has 0 bridgehead atoms. The molecule has 1 aromatic carbocycles. The zero-order valence-electron chi connectivity index (χ0n) is 14.3. The Bertz CT molecular complexity index is 570. The van der Waals surface area contributed by atoms with Gasteiger partial charge in [-0.05, 0) is 43.4 Å². The van der Waals surface area contributed by atoms with E-state index in [1.807, 2.05) is 0 Å². The quantitative estimate of drug-likeness (QED) is 0.846. The summed E-state index contributed by atoms with van der Waals surface area (Å²) in [6.45, 7) is 2.78. The molecule has 5 nitrogen and oxygen atoms in total. The van der Waals surface area contributed by atoms with Gasteiger partial charge < -0.3 is 20.5 Å². The Morgan fingerprint density at radius 3 is 2.12 bits per heavy atom. The number of hydrogen-bond donors (Lipinski definition) is 2. The van der Waals surface area contributed by atoms with Gasteiger partial charge in [-0.3, -0.25) is 4.79 Å². The van der Waals surface area contributed by atoms with Gasteiger partial charge in [0.15, 0.2) is 0 Å². The van der Waals surface area contributed by atoms with Crippen LogP contribution in [0, 0.1) is 5.82 Å². The van der Waals surface area contributed by atoms with E-state index >= 15 is 0 Å². The van der Waals surface area contributed by atoms with E-state index in [4.69, 9.17) is 15.2 Å². The molecule has 2 saturated heterocycles. The molecular weight excluding hydrogens is 347 g/mol. The summed E-state index contributed by atoms with van der Waals surface area (Å²) in [6, 6.07) is 6.55. The monoisotopic (exact) mass is 372 g/mol. The van der Waals surface area contributed by atoms with E-state index in [2.05, 4.69) is 5.32 Å². The zero-order valence-corrected chi connectivity index (χ0v) is 15.1. The number of amides is 1. The highest BCUT2D eigenvalue weighted by Gasteiger charge is 2.39. The lowest BCUT2D eigenvalue weighted by molar-refractivity contribution is -0.130. The lowest BCUT2D eigenvalue weighted by Gasteiger charge is -2.39. The summed E-state index contributed by atoms with van der Waals surface area (Å²) < 4.78 is 24.0. The predicted molar refractivity (Wildman–Crippen MR) is 95.4 cm³/mol. The second-order valence-corrected chi connectivity index (χ2v) is 6.85. The molecule has 25 heavy (non-hydrogen) atoms. The second-order valence-electron chi connectivity index (χ2n) is 6.85. The predicted octanol–water partition coefficient (Wildman–Crippen LogP) is 1.92. The van der Waals surface area contributed by atoms with Gasteiger partial charge in [-0.1, -0.05) is 12.1 Å². The maximum Gasteiger partial charge on any atom is 0.240 e. The Balaban J connectivity index is 0.00000225. The summed E-state index contributed by atoms with van der Waals surface area (Å²) in [6.07, 6.45) is 2.65. The standard InChI is InChI=1S/C18H25FN2O3.ClH/c19-15-3-1-14(2-4-15)17(5-9-23-10-6-17)13-21-16(22)18(20)7-11-24-12-8-18;/h1-4H,5-13,20H2,(H,21,22);1H. The fourth-order valence-corrected chi connectivity index (χ4v) is 3.52. The van der Waals surface area contributed by atoms with Crippen molar-refractivity contribution in [3.63, 3.8) is 0 Å². The van der Waals surface area contributed by atoms with E-state index in [-0.39, 0.29) is 29.5 Å². The third-order valence-electron chi connectivity index (χ3n) is 5.33. The van der Waals surface area contributed by atoms with Crippen LogP contribution in [0.15, 0.2) is 24.3 Å². The second kappa shape index (κ2) is 8.45. The van der Waals surface area contributed by atoms with Crippen LogP contribution in [0.3, 0.4) is 0 Å². The summed E-state index contributed by atoms with van der Waals surface area (Å²) in [5.74, 6) is -0.383. The fraction of sp³-hybridized carbons (Fsp3) is 0.611. The molecule has 0 unspecified atom stereocenters. The summed E-state index contributed by atoms with van der Waals surface area (Å²) >= 11 is 0. The molecule has 1 aromatic rings. The van der Waals surface area contributed by atoms with Crippen LogP contribution in [0.25, 0.3) is 0 Å². The molecule has 0 aromatic heterocycles. The summed E-state index contributed by atoms with van der Waals surface area (Å²) in [7, 11) is 0. The Morgan fingerprint density at radius 2 is 1.56 bits per heavy atom. The molecule has 0 atom stereocenters. The third kappa shape index (κ3) is 4.50. The van der Waals surface area contributed by atoms with Crippen LogP contribution in [-0.2, 0) is 19.7 Å². The van der Waals surface area contributed by atoms with Crippen molar-refractivity contribution in [3.05, 3.63) is 35.6 Å². The highest BCUT2D eigenvalue weighted by atomic mass is 35.5. The largest absolute Gasteiger partial charge is 0.381 e. The first-order chi connectivity index (χ1) is 11.5. The van der Waals surface area contributed by atoms with Crippen molar-refractivity contribution in [1.82, 2.24) is 5.32 Å². The Morgan fingerprint density at radius 1 is 1.04 bits per heavy atom. The van der Waals surface area contributed by atoms with Gasteiger partial charge >= 0.3 is 0 Å². The summed E-state index contributed by atoms with van der Waals surface area (Å²) in [5.41, 5.74) is 6.20. The average molecular weight is 373 g/mol. The molecule has 2 fully saturated rings. The fourth-order valence-electron chi connectivity index (χ4n) is 3.52. The third-order valence-corrected chi connectivity index (χ3v) is 5.33. The van der Waals surface area contributed by atoms with Crippen LogP contribution < -0.4 is 11.1 Å². The highest BCUT2D eigenvalue weighted by molar-refractivity contribution is 5.86. The molecule has 0 aliphatic carbocycles. The zero-order chi connectivity index (χ0) is 17.0. The molecule has 7 heteroatoms. The van der Waals surface area contributed by atoms with Crippen molar-refractivity contribution in [2.24, 2.45) is 5.73 Å². The smallest absolute Gasteiger partial charge is 0.240 e. The molecule has 2 aliphatic heterocycles. The van der Waals surface area contributed by atoms with Crippen LogP contribution in [-0.4, -0.2) is 44.4 Å². The minimum absolute atomic E-state index is 0. The van der Waals surface area contributed by atoms with Gasteiger partial charge in [0.2, 0.25) is 5.91 Å². The van der Waals surface area contributed by atoms with Crippen LogP contribution >= 0.6 is 12.4 Å². The van der Waals surface area contributed by atoms with E-state index in [1.54, 1.807) is 12.1 Å². The molecule has 0 radical (unpaired) electrons. The Labute approximate surface area is 153 Å². The van der Waals surface area contributed by atoms with E-state index in [0.717, 1.165) is 18.4 Å². The highest BCUT2D eigenvalue weighted by Crippen LogP contribution is 2.34. The van der Waals surface area contributed by atoms with Crippen LogP contribution in [0.2, 0.25) is 0 Å². The van der Waals surface area contributed by atoms with Gasteiger partial charge in [0, 0.05) is 38.4 Å². The Kier molecular flexibility index (Phi) is 6.79. The lowest BCUT2D eigenvalue weighted by Crippen LogP contribution is -2.59. The molecule has 0 saturated carbocycles. The van der Waals surface area contributed by atoms with Crippen molar-refractivity contribution in [2.45, 2.75) is 36.6 Å². The first kappa shape index (κ1) is 20.1. The van der Waals surface area contributed by atoms with E-state index in [0.29, 0.717) is 45.8 Å². The molecule has 2 heterocycles. The Hall–Kier alpha value is -1.21. The molecule has 140 valence electrons. The topological polar surface area (TPSA) is 73.6 Å². The van der Waals surface area contributed by atoms with Crippen molar-refractivity contribution < 1.29 is 18.7 Å². The van der Waals surface area contributed by atoms with Gasteiger partial charge in [0.05, 0.1) is 5.54 Å². The van der Waals surface area contributed by atoms with Crippen molar-refractivity contribution in [3.8, 4) is 0 Å². The average Bonchev–Trinajstić information content (AvgIpc) is 2.61. The number of halogens is 2. The minimum atomic E-state index is -0.854. The van der Waals surface area contributed by atoms with Gasteiger partial charge in [0.1, 0.15) is 5.82 Å². The van der Waals surface area contributed by atoms with E-state index in [1.165, 1.54) is 12.1 Å². The lowest BCUT2D eigenvalue weighted by atomic mass is 9.74. The van der Waals surface area contributed by atoms with E-state index < -0.39 is 5.54 Å². The maximum absolute atomic E-state index is 13.3. The molecule has 2 aliphatic rings. The number of nitrogens with one attached hydrogen (secondary N) is 1. The number of carbonyl (C=O) groups excluding carboxylic acids is 1.